The summed E-state index contributed by atoms with van der Waals surface area (Å²) in [6.45, 7) is 0.377. The Kier molecular flexibility index (Phi) is 2.80. The smallest absolute Gasteiger partial charge is 0.213 e. The van der Waals surface area contributed by atoms with E-state index in [1.165, 1.54) is 0 Å². The number of pyridine rings is 1. The molecule has 3 N–H and O–H groups in total. The molecule has 0 spiro atoms. The predicted octanol–water partition coefficient (Wildman–Crippen LogP) is 0.884. The van der Waals surface area contributed by atoms with Crippen molar-refractivity contribution in [3.63, 3.8) is 0 Å². The van der Waals surface area contributed by atoms with Gasteiger partial charge in [-0.3, -0.25) is 10.7 Å². The van der Waals surface area contributed by atoms with E-state index in [4.69, 9.17) is 10.5 Å². The van der Waals surface area contributed by atoms with Gasteiger partial charge in [-0.2, -0.15) is 0 Å². The van der Waals surface area contributed by atoms with Gasteiger partial charge in [-0.05, 0) is 24.3 Å². The highest BCUT2D eigenvalue weighted by Crippen LogP contribution is 2.08. The highest BCUT2D eigenvalue weighted by Gasteiger charge is 2.21. The lowest BCUT2D eigenvalue weighted by Gasteiger charge is -2.27. The first-order chi connectivity index (χ1) is 7.29. The number of aromatic nitrogens is 1. The zero-order valence-corrected chi connectivity index (χ0v) is 8.26. The minimum Gasteiger partial charge on any atom is -0.348 e. The summed E-state index contributed by atoms with van der Waals surface area (Å²) >= 11 is 0. The van der Waals surface area contributed by atoms with Crippen LogP contribution in [-0.4, -0.2) is 10.8 Å². The number of dihydropyridines is 1. The molecule has 78 valence electrons. The van der Waals surface area contributed by atoms with E-state index in [-0.39, 0.29) is 0 Å². The lowest BCUT2D eigenvalue weighted by atomic mass is 10.3. The van der Waals surface area contributed by atoms with Crippen LogP contribution in [0.2, 0.25) is 0 Å². The van der Waals surface area contributed by atoms with Crippen molar-refractivity contribution >= 4 is 0 Å². The van der Waals surface area contributed by atoms with Gasteiger partial charge in [-0.15, -0.1) is 0 Å². The minimum absolute atomic E-state index is 0.377. The van der Waals surface area contributed by atoms with E-state index in [9.17, 15) is 0 Å². The van der Waals surface area contributed by atoms with E-state index in [2.05, 4.69) is 10.3 Å². The van der Waals surface area contributed by atoms with E-state index in [1.54, 1.807) is 18.5 Å². The van der Waals surface area contributed by atoms with Gasteiger partial charge in [0.15, 0.2) is 0 Å². The largest absolute Gasteiger partial charge is 0.348 e. The standard InChI is InChI=1S/C11H13N3O/c12-11(6-2-4-8-14-11)15-9-10-5-1-3-7-13-10/h1-8,14H,9,12H2. The van der Waals surface area contributed by atoms with Crippen LogP contribution in [-0.2, 0) is 11.3 Å². The van der Waals surface area contributed by atoms with E-state index in [0.717, 1.165) is 5.69 Å². The fraction of sp³-hybridized carbons (Fsp3) is 0.182. The Morgan fingerprint density at radius 2 is 2.33 bits per heavy atom. The molecular formula is C11H13N3O. The molecule has 0 radical (unpaired) electrons. The second-order valence-corrected chi connectivity index (χ2v) is 3.27. The molecule has 1 atom stereocenters. The highest BCUT2D eigenvalue weighted by molar-refractivity contribution is 5.14. The van der Waals surface area contributed by atoms with Gasteiger partial charge in [0.2, 0.25) is 5.85 Å². The maximum atomic E-state index is 5.91. The first kappa shape index (κ1) is 9.89. The van der Waals surface area contributed by atoms with Crippen LogP contribution in [0, 0.1) is 0 Å². The van der Waals surface area contributed by atoms with Gasteiger partial charge in [-0.25, -0.2) is 0 Å². The number of nitrogens with zero attached hydrogens (tertiary/aromatic N) is 1. The SMILES string of the molecule is NC1(OCc2ccccn2)C=CC=CN1. The fourth-order valence-corrected chi connectivity index (χ4v) is 1.25. The molecule has 0 saturated heterocycles. The van der Waals surface area contributed by atoms with Crippen molar-refractivity contribution < 1.29 is 4.74 Å². The average molecular weight is 203 g/mol. The van der Waals surface area contributed by atoms with E-state index in [1.807, 2.05) is 30.4 Å². The van der Waals surface area contributed by atoms with Crippen LogP contribution >= 0.6 is 0 Å². The third-order valence-corrected chi connectivity index (χ3v) is 2.05. The third kappa shape index (κ3) is 2.65. The summed E-state index contributed by atoms with van der Waals surface area (Å²) in [5.41, 5.74) is 6.76. The molecule has 1 aromatic heterocycles. The molecule has 15 heavy (non-hydrogen) atoms. The topological polar surface area (TPSA) is 60.2 Å². The monoisotopic (exact) mass is 203 g/mol. The lowest BCUT2D eigenvalue weighted by Crippen LogP contribution is -2.52. The molecule has 0 bridgehead atoms. The fourth-order valence-electron chi connectivity index (χ4n) is 1.25. The molecule has 1 aliphatic rings. The number of hydrogen-bond acceptors (Lipinski definition) is 4. The van der Waals surface area contributed by atoms with Gasteiger partial charge in [0, 0.05) is 12.4 Å². The van der Waals surface area contributed by atoms with Crippen LogP contribution in [0.5, 0.6) is 0 Å². The van der Waals surface area contributed by atoms with Crippen molar-refractivity contribution in [2.75, 3.05) is 0 Å². The van der Waals surface area contributed by atoms with Crippen LogP contribution in [0.1, 0.15) is 5.69 Å². The Bertz CT molecular complexity index is 375. The van der Waals surface area contributed by atoms with Crippen molar-refractivity contribution in [3.8, 4) is 0 Å². The average Bonchev–Trinajstić information content (AvgIpc) is 2.29. The first-order valence-electron chi connectivity index (χ1n) is 4.73. The Morgan fingerprint density at radius 1 is 1.40 bits per heavy atom. The summed E-state index contributed by atoms with van der Waals surface area (Å²) in [4.78, 5) is 4.14. The Hall–Kier alpha value is -1.65. The number of hydrogen-bond donors (Lipinski definition) is 2. The summed E-state index contributed by atoms with van der Waals surface area (Å²) in [7, 11) is 0. The molecule has 1 aromatic rings. The second-order valence-electron chi connectivity index (χ2n) is 3.27. The summed E-state index contributed by atoms with van der Waals surface area (Å²) < 4.78 is 5.52. The molecule has 0 fully saturated rings. The van der Waals surface area contributed by atoms with Gasteiger partial charge < -0.3 is 10.1 Å². The number of nitrogens with one attached hydrogen (secondary N) is 1. The van der Waals surface area contributed by atoms with Gasteiger partial charge in [-0.1, -0.05) is 12.1 Å². The maximum Gasteiger partial charge on any atom is 0.213 e. The molecule has 2 heterocycles. The van der Waals surface area contributed by atoms with Crippen molar-refractivity contribution in [1.29, 1.82) is 0 Å². The Morgan fingerprint density at radius 3 is 3.00 bits per heavy atom. The van der Waals surface area contributed by atoms with Gasteiger partial charge in [0.05, 0.1) is 12.3 Å². The Balaban J connectivity index is 1.93. The molecule has 4 heteroatoms. The molecule has 0 saturated carbocycles. The zero-order chi connectivity index (χ0) is 10.6. The molecule has 2 rings (SSSR count). The predicted molar refractivity (Wildman–Crippen MR) is 57.4 cm³/mol. The van der Waals surface area contributed by atoms with Crippen molar-refractivity contribution in [3.05, 3.63) is 54.5 Å². The van der Waals surface area contributed by atoms with Crippen LogP contribution in [0.25, 0.3) is 0 Å². The second kappa shape index (κ2) is 4.25. The number of rotatable bonds is 3. The molecule has 0 aliphatic carbocycles. The van der Waals surface area contributed by atoms with E-state index in [0.29, 0.717) is 6.61 Å². The van der Waals surface area contributed by atoms with Gasteiger partial charge in [0.25, 0.3) is 0 Å². The van der Waals surface area contributed by atoms with Crippen LogP contribution in [0.4, 0.5) is 0 Å². The molecule has 4 nitrogen and oxygen atoms in total. The maximum absolute atomic E-state index is 5.91. The number of ether oxygens (including phenoxy) is 1. The van der Waals surface area contributed by atoms with Crippen LogP contribution in [0.15, 0.2) is 48.8 Å². The lowest BCUT2D eigenvalue weighted by molar-refractivity contribution is -0.0334. The molecule has 0 aromatic carbocycles. The van der Waals surface area contributed by atoms with Crippen LogP contribution < -0.4 is 11.1 Å². The number of allylic oxidation sites excluding steroid dienone is 2. The molecular weight excluding hydrogens is 190 g/mol. The van der Waals surface area contributed by atoms with Crippen molar-refractivity contribution in [2.45, 2.75) is 12.5 Å². The van der Waals surface area contributed by atoms with Crippen molar-refractivity contribution in [2.24, 2.45) is 5.73 Å². The van der Waals surface area contributed by atoms with Crippen molar-refractivity contribution in [1.82, 2.24) is 10.3 Å². The molecule has 0 amide bonds. The Labute approximate surface area is 88.5 Å². The van der Waals surface area contributed by atoms with E-state index >= 15 is 0 Å². The molecule has 1 unspecified atom stereocenters. The summed E-state index contributed by atoms with van der Waals surface area (Å²) in [5, 5.41) is 2.93. The summed E-state index contributed by atoms with van der Waals surface area (Å²) in [6, 6.07) is 5.67. The van der Waals surface area contributed by atoms with Crippen LogP contribution in [0.3, 0.4) is 0 Å². The normalized spacial score (nSPS) is 23.8. The summed E-state index contributed by atoms with van der Waals surface area (Å²) in [6.07, 6.45) is 8.93. The first-order valence-corrected chi connectivity index (χ1v) is 4.73. The quantitative estimate of drug-likeness (QED) is 0.716. The van der Waals surface area contributed by atoms with Gasteiger partial charge >= 0.3 is 0 Å². The minimum atomic E-state index is -0.924. The number of nitrogens with two attached hydrogens (primary N) is 1. The zero-order valence-electron chi connectivity index (χ0n) is 8.26. The summed E-state index contributed by atoms with van der Waals surface area (Å²) in [5.74, 6) is -0.924. The van der Waals surface area contributed by atoms with Gasteiger partial charge in [0.1, 0.15) is 0 Å². The third-order valence-electron chi connectivity index (χ3n) is 2.05. The molecule has 1 aliphatic heterocycles. The highest BCUT2D eigenvalue weighted by atomic mass is 16.5. The van der Waals surface area contributed by atoms with E-state index < -0.39 is 5.85 Å².